The number of benzene rings is 2. The van der Waals surface area contributed by atoms with E-state index in [1.807, 2.05) is 55.5 Å². The standard InChI is InChI=1S/C20H23N3O3/c1-13(21)15-5-7-16(8-6-15)18-12-22-20(26)23(18)17-9-2-14(3-10-17)4-11-19(24)25/h2-3,5-10,13,18H,4,11-12,21H2,1H3,(H,22,26)(H,24,25). The zero-order valence-electron chi connectivity index (χ0n) is 14.7. The third kappa shape index (κ3) is 3.86. The zero-order valence-corrected chi connectivity index (χ0v) is 14.7. The van der Waals surface area contributed by atoms with Gasteiger partial charge in [0.05, 0.1) is 6.04 Å². The molecule has 1 aliphatic heterocycles. The van der Waals surface area contributed by atoms with Gasteiger partial charge in [0, 0.05) is 24.7 Å². The van der Waals surface area contributed by atoms with E-state index in [1.54, 1.807) is 4.90 Å². The van der Waals surface area contributed by atoms with Gasteiger partial charge >= 0.3 is 12.0 Å². The monoisotopic (exact) mass is 353 g/mol. The van der Waals surface area contributed by atoms with Gasteiger partial charge in [0.1, 0.15) is 0 Å². The van der Waals surface area contributed by atoms with E-state index in [4.69, 9.17) is 10.8 Å². The van der Waals surface area contributed by atoms with E-state index in [2.05, 4.69) is 5.32 Å². The Morgan fingerprint density at radius 3 is 2.46 bits per heavy atom. The summed E-state index contributed by atoms with van der Waals surface area (Å²) in [5, 5.41) is 11.7. The first-order chi connectivity index (χ1) is 12.5. The number of rotatable bonds is 6. The normalized spacial score (nSPS) is 17.8. The van der Waals surface area contributed by atoms with Crippen molar-refractivity contribution in [1.29, 1.82) is 0 Å². The van der Waals surface area contributed by atoms with Crippen molar-refractivity contribution in [2.75, 3.05) is 11.4 Å². The Balaban J connectivity index is 1.80. The average molecular weight is 353 g/mol. The molecule has 0 saturated carbocycles. The Labute approximate surface area is 152 Å². The van der Waals surface area contributed by atoms with Crippen molar-refractivity contribution in [1.82, 2.24) is 5.32 Å². The summed E-state index contributed by atoms with van der Waals surface area (Å²) in [6.45, 7) is 2.48. The molecule has 4 N–H and O–H groups in total. The van der Waals surface area contributed by atoms with Crippen molar-refractivity contribution in [3.8, 4) is 0 Å². The number of carboxylic acid groups (broad SMARTS) is 1. The number of hydrogen-bond donors (Lipinski definition) is 3. The van der Waals surface area contributed by atoms with Gasteiger partial charge in [0.15, 0.2) is 0 Å². The van der Waals surface area contributed by atoms with Gasteiger partial charge in [-0.3, -0.25) is 9.69 Å². The van der Waals surface area contributed by atoms with Gasteiger partial charge in [0.2, 0.25) is 0 Å². The molecule has 6 nitrogen and oxygen atoms in total. The minimum atomic E-state index is -0.816. The summed E-state index contributed by atoms with van der Waals surface area (Å²) >= 11 is 0. The van der Waals surface area contributed by atoms with Crippen LogP contribution in [0.3, 0.4) is 0 Å². The van der Waals surface area contributed by atoms with Gasteiger partial charge in [0.25, 0.3) is 0 Å². The summed E-state index contributed by atoms with van der Waals surface area (Å²) in [5.41, 5.74) is 9.73. The number of hydrogen-bond acceptors (Lipinski definition) is 3. The summed E-state index contributed by atoms with van der Waals surface area (Å²) in [4.78, 5) is 24.8. The number of anilines is 1. The maximum atomic E-state index is 12.4. The van der Waals surface area contributed by atoms with Crippen LogP contribution in [0.4, 0.5) is 10.5 Å². The first kappa shape index (κ1) is 17.9. The van der Waals surface area contributed by atoms with Crippen LogP contribution >= 0.6 is 0 Å². The predicted molar refractivity (Wildman–Crippen MR) is 100 cm³/mol. The highest BCUT2D eigenvalue weighted by molar-refractivity contribution is 5.95. The highest BCUT2D eigenvalue weighted by atomic mass is 16.4. The van der Waals surface area contributed by atoms with Gasteiger partial charge in [-0.05, 0) is 42.2 Å². The third-order valence-corrected chi connectivity index (χ3v) is 4.67. The molecule has 26 heavy (non-hydrogen) atoms. The Bertz CT molecular complexity index is 785. The fourth-order valence-electron chi connectivity index (χ4n) is 3.16. The highest BCUT2D eigenvalue weighted by Gasteiger charge is 2.33. The zero-order chi connectivity index (χ0) is 18.7. The Morgan fingerprint density at radius 2 is 1.88 bits per heavy atom. The predicted octanol–water partition coefficient (Wildman–Crippen LogP) is 2.99. The lowest BCUT2D eigenvalue weighted by molar-refractivity contribution is -0.136. The van der Waals surface area contributed by atoms with Crippen LogP contribution in [0.2, 0.25) is 0 Å². The summed E-state index contributed by atoms with van der Waals surface area (Å²) in [6, 6.07) is 15.2. The lowest BCUT2D eigenvalue weighted by Gasteiger charge is -2.24. The largest absolute Gasteiger partial charge is 0.481 e. The first-order valence-electron chi connectivity index (χ1n) is 8.69. The van der Waals surface area contributed by atoms with Crippen LogP contribution in [0, 0.1) is 0 Å². The van der Waals surface area contributed by atoms with E-state index in [-0.39, 0.29) is 24.5 Å². The molecule has 2 atom stereocenters. The molecule has 2 aromatic rings. The van der Waals surface area contributed by atoms with Crippen molar-refractivity contribution in [2.24, 2.45) is 5.73 Å². The number of nitrogens with zero attached hydrogens (tertiary/aromatic N) is 1. The molecule has 2 aromatic carbocycles. The van der Waals surface area contributed by atoms with Crippen molar-refractivity contribution in [2.45, 2.75) is 31.8 Å². The average Bonchev–Trinajstić information content (AvgIpc) is 3.02. The fourth-order valence-corrected chi connectivity index (χ4v) is 3.16. The number of urea groups is 1. The van der Waals surface area contributed by atoms with E-state index in [0.717, 1.165) is 22.4 Å². The molecular formula is C20H23N3O3. The number of amides is 2. The molecule has 1 saturated heterocycles. The quantitative estimate of drug-likeness (QED) is 0.744. The molecule has 1 aliphatic rings. The van der Waals surface area contributed by atoms with Crippen LogP contribution in [0.15, 0.2) is 48.5 Å². The lowest BCUT2D eigenvalue weighted by Crippen LogP contribution is -2.29. The number of aryl methyl sites for hydroxylation is 1. The smallest absolute Gasteiger partial charge is 0.322 e. The van der Waals surface area contributed by atoms with E-state index in [9.17, 15) is 9.59 Å². The molecule has 3 rings (SSSR count). The van der Waals surface area contributed by atoms with Crippen LogP contribution in [0.25, 0.3) is 0 Å². The minimum absolute atomic E-state index is 0.0261. The van der Waals surface area contributed by atoms with Crippen LogP contribution in [0.1, 0.15) is 42.1 Å². The summed E-state index contributed by atoms with van der Waals surface area (Å²) in [7, 11) is 0. The van der Waals surface area contributed by atoms with Crippen molar-refractivity contribution >= 4 is 17.7 Å². The van der Waals surface area contributed by atoms with E-state index < -0.39 is 5.97 Å². The lowest BCUT2D eigenvalue weighted by atomic mass is 10.0. The molecule has 2 amide bonds. The molecule has 2 unspecified atom stereocenters. The van der Waals surface area contributed by atoms with Crippen LogP contribution < -0.4 is 16.0 Å². The molecule has 6 heteroatoms. The summed E-state index contributed by atoms with van der Waals surface area (Å²) in [6.07, 6.45) is 0.571. The highest BCUT2D eigenvalue weighted by Crippen LogP contribution is 2.31. The molecule has 136 valence electrons. The van der Waals surface area contributed by atoms with Gasteiger partial charge < -0.3 is 16.2 Å². The van der Waals surface area contributed by atoms with Crippen molar-refractivity contribution < 1.29 is 14.7 Å². The van der Waals surface area contributed by atoms with Crippen LogP contribution in [-0.4, -0.2) is 23.7 Å². The number of carbonyl (C=O) groups excluding carboxylic acids is 1. The molecule has 0 aliphatic carbocycles. The SMILES string of the molecule is CC(N)c1ccc(C2CNC(=O)N2c2ccc(CCC(=O)O)cc2)cc1. The van der Waals surface area contributed by atoms with Gasteiger partial charge in [-0.25, -0.2) is 4.79 Å². The van der Waals surface area contributed by atoms with Gasteiger partial charge in [-0.15, -0.1) is 0 Å². The van der Waals surface area contributed by atoms with Crippen LogP contribution in [-0.2, 0) is 11.2 Å². The van der Waals surface area contributed by atoms with Crippen molar-refractivity contribution in [3.63, 3.8) is 0 Å². The van der Waals surface area contributed by atoms with E-state index in [1.165, 1.54) is 0 Å². The molecular weight excluding hydrogens is 330 g/mol. The number of carbonyl (C=O) groups is 2. The van der Waals surface area contributed by atoms with Crippen molar-refractivity contribution in [3.05, 3.63) is 65.2 Å². The maximum Gasteiger partial charge on any atom is 0.322 e. The topological polar surface area (TPSA) is 95.7 Å². The molecule has 1 heterocycles. The fraction of sp³-hybridized carbons (Fsp3) is 0.300. The molecule has 0 radical (unpaired) electrons. The number of nitrogens with two attached hydrogens (primary N) is 1. The Morgan fingerprint density at radius 1 is 1.23 bits per heavy atom. The second-order valence-electron chi connectivity index (χ2n) is 6.59. The minimum Gasteiger partial charge on any atom is -0.481 e. The summed E-state index contributed by atoms with van der Waals surface area (Å²) in [5.74, 6) is -0.816. The first-order valence-corrected chi connectivity index (χ1v) is 8.69. The summed E-state index contributed by atoms with van der Waals surface area (Å²) < 4.78 is 0. The Hall–Kier alpha value is -2.86. The second kappa shape index (κ2) is 7.58. The molecule has 0 spiro atoms. The maximum absolute atomic E-state index is 12.4. The molecule has 0 aromatic heterocycles. The number of carboxylic acids is 1. The number of nitrogens with one attached hydrogen (secondary N) is 1. The Kier molecular flexibility index (Phi) is 5.23. The van der Waals surface area contributed by atoms with Gasteiger partial charge in [-0.1, -0.05) is 36.4 Å². The van der Waals surface area contributed by atoms with E-state index >= 15 is 0 Å². The second-order valence-corrected chi connectivity index (χ2v) is 6.59. The third-order valence-electron chi connectivity index (χ3n) is 4.67. The van der Waals surface area contributed by atoms with Gasteiger partial charge in [-0.2, -0.15) is 0 Å². The van der Waals surface area contributed by atoms with Crippen LogP contribution in [0.5, 0.6) is 0 Å². The van der Waals surface area contributed by atoms with E-state index in [0.29, 0.717) is 13.0 Å². The number of aliphatic carboxylic acids is 1. The molecule has 1 fully saturated rings. The molecule has 0 bridgehead atoms.